The van der Waals surface area contributed by atoms with Crippen molar-refractivity contribution in [2.75, 3.05) is 0 Å². The van der Waals surface area contributed by atoms with E-state index in [0.29, 0.717) is 5.70 Å². The van der Waals surface area contributed by atoms with Gasteiger partial charge in [0.2, 0.25) is 0 Å². The highest BCUT2D eigenvalue weighted by molar-refractivity contribution is 5.85. The smallest absolute Gasteiger partial charge is 0.0602 e. The summed E-state index contributed by atoms with van der Waals surface area (Å²) in [6, 6.07) is 14.0. The molecule has 2 aromatic carbocycles. The summed E-state index contributed by atoms with van der Waals surface area (Å²) < 4.78 is 0. The van der Waals surface area contributed by atoms with Crippen LogP contribution in [0.25, 0.3) is 16.5 Å². The molecule has 2 nitrogen and oxygen atoms in total. The van der Waals surface area contributed by atoms with E-state index in [2.05, 4.69) is 12.1 Å². The Morgan fingerprint density at radius 2 is 1.79 bits per heavy atom. The van der Waals surface area contributed by atoms with Gasteiger partial charge >= 0.3 is 0 Å². The van der Waals surface area contributed by atoms with Crippen LogP contribution >= 0.6 is 0 Å². The Bertz CT molecular complexity index is 476. The van der Waals surface area contributed by atoms with Gasteiger partial charge in [0.25, 0.3) is 0 Å². The molecule has 2 heteroatoms. The Balaban J connectivity index is 2.56. The Labute approximate surface area is 82.5 Å². The van der Waals surface area contributed by atoms with Crippen LogP contribution in [-0.2, 0) is 0 Å². The molecule has 2 aromatic rings. The van der Waals surface area contributed by atoms with Crippen molar-refractivity contribution in [3.8, 4) is 0 Å². The minimum atomic E-state index is 0.510. The predicted molar refractivity (Wildman–Crippen MR) is 57.9 cm³/mol. The summed E-state index contributed by atoms with van der Waals surface area (Å²) in [6.07, 6.45) is 0. The van der Waals surface area contributed by atoms with E-state index in [1.807, 2.05) is 42.5 Å². The standard InChI is InChI=1S/C12H11NO/c1-9(13-14)11-7-6-10-4-2-3-5-12(10)8-11/h2-8,13-14H,1H2. The van der Waals surface area contributed by atoms with Crippen molar-refractivity contribution < 1.29 is 5.21 Å². The summed E-state index contributed by atoms with van der Waals surface area (Å²) in [6.45, 7) is 3.69. The average Bonchev–Trinajstić information content (AvgIpc) is 2.27. The number of rotatable bonds is 2. The molecular weight excluding hydrogens is 174 g/mol. The van der Waals surface area contributed by atoms with E-state index in [1.165, 1.54) is 5.39 Å². The average molecular weight is 185 g/mol. The number of hydrogen-bond donors (Lipinski definition) is 2. The third kappa shape index (κ3) is 1.47. The molecule has 0 bridgehead atoms. The van der Waals surface area contributed by atoms with Crippen LogP contribution in [-0.4, -0.2) is 5.21 Å². The van der Waals surface area contributed by atoms with Crippen LogP contribution < -0.4 is 5.48 Å². The second kappa shape index (κ2) is 3.52. The van der Waals surface area contributed by atoms with Crippen LogP contribution in [0.3, 0.4) is 0 Å². The lowest BCUT2D eigenvalue weighted by atomic mass is 10.1. The molecule has 0 radical (unpaired) electrons. The second-order valence-corrected chi connectivity index (χ2v) is 3.15. The van der Waals surface area contributed by atoms with E-state index in [-0.39, 0.29) is 0 Å². The van der Waals surface area contributed by atoms with Crippen LogP contribution in [0.15, 0.2) is 49.0 Å². The summed E-state index contributed by atoms with van der Waals surface area (Å²) in [5, 5.41) is 11.0. The maximum atomic E-state index is 8.71. The highest BCUT2D eigenvalue weighted by Gasteiger charge is 1.98. The lowest BCUT2D eigenvalue weighted by Crippen LogP contribution is -2.03. The molecule has 0 aliphatic carbocycles. The molecule has 0 spiro atoms. The molecule has 0 saturated heterocycles. The van der Waals surface area contributed by atoms with E-state index in [0.717, 1.165) is 10.9 Å². The molecule has 0 aromatic heterocycles. The van der Waals surface area contributed by atoms with Gasteiger partial charge in [-0.15, -0.1) is 0 Å². The van der Waals surface area contributed by atoms with Crippen molar-refractivity contribution >= 4 is 16.5 Å². The minimum absolute atomic E-state index is 0.510. The Kier molecular flexibility index (Phi) is 2.21. The molecule has 0 saturated carbocycles. The van der Waals surface area contributed by atoms with E-state index in [1.54, 1.807) is 0 Å². The van der Waals surface area contributed by atoms with Crippen LogP contribution in [0.5, 0.6) is 0 Å². The number of benzene rings is 2. The van der Waals surface area contributed by atoms with Crippen molar-refractivity contribution in [1.82, 2.24) is 5.48 Å². The van der Waals surface area contributed by atoms with Crippen LogP contribution in [0.4, 0.5) is 0 Å². The zero-order valence-corrected chi connectivity index (χ0v) is 7.70. The van der Waals surface area contributed by atoms with Crippen LogP contribution in [0.2, 0.25) is 0 Å². The van der Waals surface area contributed by atoms with Gasteiger partial charge < -0.3 is 0 Å². The lowest BCUT2D eigenvalue weighted by Gasteiger charge is -2.04. The highest BCUT2D eigenvalue weighted by Crippen LogP contribution is 2.18. The molecule has 70 valence electrons. The molecule has 0 heterocycles. The number of nitrogens with one attached hydrogen (secondary N) is 1. The fraction of sp³-hybridized carbons (Fsp3) is 0. The zero-order valence-electron chi connectivity index (χ0n) is 7.70. The van der Waals surface area contributed by atoms with E-state index < -0.39 is 0 Å². The fourth-order valence-corrected chi connectivity index (χ4v) is 1.44. The summed E-state index contributed by atoms with van der Waals surface area (Å²) in [7, 11) is 0. The summed E-state index contributed by atoms with van der Waals surface area (Å²) in [4.78, 5) is 0. The van der Waals surface area contributed by atoms with Crippen molar-refractivity contribution in [3.05, 3.63) is 54.6 Å². The summed E-state index contributed by atoms with van der Waals surface area (Å²) >= 11 is 0. The zero-order chi connectivity index (χ0) is 9.97. The molecule has 0 amide bonds. The van der Waals surface area contributed by atoms with Gasteiger partial charge in [0.15, 0.2) is 0 Å². The maximum Gasteiger partial charge on any atom is 0.0602 e. The monoisotopic (exact) mass is 185 g/mol. The topological polar surface area (TPSA) is 32.3 Å². The summed E-state index contributed by atoms with van der Waals surface area (Å²) in [5.74, 6) is 0. The van der Waals surface area contributed by atoms with Crippen LogP contribution in [0, 0.1) is 0 Å². The Morgan fingerprint density at radius 3 is 2.50 bits per heavy atom. The quantitative estimate of drug-likeness (QED) is 0.705. The van der Waals surface area contributed by atoms with Gasteiger partial charge in [-0.25, -0.2) is 0 Å². The first-order valence-corrected chi connectivity index (χ1v) is 4.39. The minimum Gasteiger partial charge on any atom is -0.291 e. The molecule has 2 N–H and O–H groups in total. The summed E-state index contributed by atoms with van der Waals surface area (Å²) in [5.41, 5.74) is 3.46. The van der Waals surface area contributed by atoms with Gasteiger partial charge in [-0.1, -0.05) is 43.0 Å². The first kappa shape index (κ1) is 8.78. The molecule has 2 rings (SSSR count). The van der Waals surface area contributed by atoms with Crippen molar-refractivity contribution in [3.63, 3.8) is 0 Å². The first-order valence-electron chi connectivity index (χ1n) is 4.39. The van der Waals surface area contributed by atoms with Gasteiger partial charge in [-0.2, -0.15) is 0 Å². The van der Waals surface area contributed by atoms with Gasteiger partial charge in [-0.3, -0.25) is 10.7 Å². The largest absolute Gasteiger partial charge is 0.291 e. The number of fused-ring (bicyclic) bond motifs is 1. The van der Waals surface area contributed by atoms with Gasteiger partial charge in [0.05, 0.1) is 5.70 Å². The molecule has 0 unspecified atom stereocenters. The highest BCUT2D eigenvalue weighted by atomic mass is 16.5. The van der Waals surface area contributed by atoms with Gasteiger partial charge in [0, 0.05) is 0 Å². The second-order valence-electron chi connectivity index (χ2n) is 3.15. The molecule has 0 atom stereocenters. The number of hydroxylamine groups is 1. The first-order chi connectivity index (χ1) is 6.81. The van der Waals surface area contributed by atoms with Crippen molar-refractivity contribution in [2.45, 2.75) is 0 Å². The molecule has 0 aliphatic rings. The predicted octanol–water partition coefficient (Wildman–Crippen LogP) is 2.79. The molecule has 0 fully saturated rings. The fourth-order valence-electron chi connectivity index (χ4n) is 1.44. The third-order valence-electron chi connectivity index (χ3n) is 2.23. The van der Waals surface area contributed by atoms with Crippen molar-refractivity contribution in [1.29, 1.82) is 0 Å². The number of hydrogen-bond acceptors (Lipinski definition) is 2. The Hall–Kier alpha value is -1.80. The van der Waals surface area contributed by atoms with Gasteiger partial charge in [0.1, 0.15) is 0 Å². The maximum absolute atomic E-state index is 8.71. The molecule has 0 aliphatic heterocycles. The Morgan fingerprint density at radius 1 is 1.07 bits per heavy atom. The van der Waals surface area contributed by atoms with E-state index in [9.17, 15) is 0 Å². The SMILES string of the molecule is C=C(NO)c1ccc2ccccc2c1. The van der Waals surface area contributed by atoms with E-state index >= 15 is 0 Å². The van der Waals surface area contributed by atoms with Crippen molar-refractivity contribution in [2.24, 2.45) is 0 Å². The third-order valence-corrected chi connectivity index (χ3v) is 2.23. The normalized spacial score (nSPS) is 10.1. The molecular formula is C12H11NO. The van der Waals surface area contributed by atoms with E-state index in [4.69, 9.17) is 5.21 Å². The van der Waals surface area contributed by atoms with Gasteiger partial charge in [-0.05, 0) is 22.4 Å². The molecule has 14 heavy (non-hydrogen) atoms. The van der Waals surface area contributed by atoms with Crippen LogP contribution in [0.1, 0.15) is 5.56 Å². The lowest BCUT2D eigenvalue weighted by molar-refractivity contribution is 0.225.